The summed E-state index contributed by atoms with van der Waals surface area (Å²) in [6, 6.07) is 17.0. The van der Waals surface area contributed by atoms with E-state index < -0.39 is 10.0 Å². The average Bonchev–Trinajstić information content (AvgIpc) is 3.22. The maximum Gasteiger partial charge on any atom is 0.271 e. The normalized spacial score (nSPS) is 13.0. The number of benzene rings is 2. The number of rotatable bonds is 6. The van der Waals surface area contributed by atoms with E-state index >= 15 is 0 Å². The number of anilines is 1. The molecule has 0 atom stereocenters. The summed E-state index contributed by atoms with van der Waals surface area (Å²) in [5.74, 6) is 0.886. The van der Waals surface area contributed by atoms with Crippen LogP contribution in [-0.2, 0) is 16.6 Å². The van der Waals surface area contributed by atoms with Crippen molar-refractivity contribution in [3.05, 3.63) is 71.1 Å². The number of hydrogen-bond acceptors (Lipinski definition) is 6. The number of amides is 1. The van der Waals surface area contributed by atoms with Crippen LogP contribution in [0.4, 0.5) is 5.69 Å². The van der Waals surface area contributed by atoms with E-state index in [-0.39, 0.29) is 16.7 Å². The van der Waals surface area contributed by atoms with E-state index in [1.807, 2.05) is 6.07 Å². The summed E-state index contributed by atoms with van der Waals surface area (Å²) < 4.78 is 39.0. The second-order valence-electron chi connectivity index (χ2n) is 6.23. The minimum atomic E-state index is -3.75. The molecule has 2 aromatic carbocycles. The first-order valence-electron chi connectivity index (χ1n) is 8.86. The van der Waals surface area contributed by atoms with Gasteiger partial charge in [-0.1, -0.05) is 18.2 Å². The van der Waals surface area contributed by atoms with Crippen LogP contribution in [0.25, 0.3) is 0 Å². The van der Waals surface area contributed by atoms with Crippen molar-refractivity contribution in [3.8, 4) is 11.5 Å². The quantitative estimate of drug-likeness (QED) is 0.626. The van der Waals surface area contributed by atoms with Gasteiger partial charge in [-0.2, -0.15) is 0 Å². The van der Waals surface area contributed by atoms with E-state index in [4.69, 9.17) is 9.47 Å². The second kappa shape index (κ2) is 8.14. The molecule has 150 valence electrons. The maximum absolute atomic E-state index is 12.7. The predicted octanol–water partition coefficient (Wildman–Crippen LogP) is 3.25. The Morgan fingerprint density at radius 1 is 0.966 bits per heavy atom. The molecule has 1 aromatic heterocycles. The van der Waals surface area contributed by atoms with Gasteiger partial charge in [-0.05, 0) is 36.4 Å². The lowest BCUT2D eigenvalue weighted by Gasteiger charge is -2.19. The van der Waals surface area contributed by atoms with Crippen LogP contribution >= 0.6 is 11.3 Å². The highest BCUT2D eigenvalue weighted by atomic mass is 32.2. The van der Waals surface area contributed by atoms with Gasteiger partial charge in [0.15, 0.2) is 11.5 Å². The van der Waals surface area contributed by atoms with E-state index in [2.05, 4.69) is 10.0 Å². The van der Waals surface area contributed by atoms with Crippen molar-refractivity contribution in [2.75, 3.05) is 17.9 Å². The summed E-state index contributed by atoms with van der Waals surface area (Å²) >= 11 is 1.10. The number of hydrogen-bond donors (Lipinski definition) is 2. The summed E-state index contributed by atoms with van der Waals surface area (Å²) in [6.07, 6.45) is 0. The largest absolute Gasteiger partial charge is 0.486 e. The standard InChI is InChI=1S/C20H18N2O5S2/c23-20(14-4-2-1-3-5-14)21-13-16-7-9-19(28-16)29(24,25)22-15-6-8-17-18(12-15)27-11-10-26-17/h1-9,12,22H,10-11,13H2,(H,21,23). The highest BCUT2D eigenvalue weighted by molar-refractivity contribution is 7.94. The molecule has 1 amide bonds. The molecule has 0 unspecified atom stereocenters. The highest BCUT2D eigenvalue weighted by Crippen LogP contribution is 2.33. The smallest absolute Gasteiger partial charge is 0.271 e. The Balaban J connectivity index is 1.42. The van der Waals surface area contributed by atoms with Crippen molar-refractivity contribution in [3.63, 3.8) is 0 Å². The molecular weight excluding hydrogens is 412 g/mol. The fraction of sp³-hybridized carbons (Fsp3) is 0.150. The fourth-order valence-corrected chi connectivity index (χ4v) is 5.11. The number of nitrogens with one attached hydrogen (secondary N) is 2. The van der Waals surface area contributed by atoms with Crippen LogP contribution in [0.5, 0.6) is 11.5 Å². The lowest BCUT2D eigenvalue weighted by molar-refractivity contribution is 0.0951. The maximum atomic E-state index is 12.7. The summed E-state index contributed by atoms with van der Waals surface area (Å²) in [5, 5.41) is 2.79. The zero-order valence-electron chi connectivity index (χ0n) is 15.3. The molecule has 3 aromatic rings. The van der Waals surface area contributed by atoms with Crippen LogP contribution in [0.15, 0.2) is 64.9 Å². The minimum absolute atomic E-state index is 0.163. The zero-order valence-corrected chi connectivity index (χ0v) is 16.9. The van der Waals surface area contributed by atoms with Crippen molar-refractivity contribution in [1.29, 1.82) is 0 Å². The van der Waals surface area contributed by atoms with Crippen molar-refractivity contribution in [1.82, 2.24) is 5.32 Å². The Morgan fingerprint density at radius 3 is 2.52 bits per heavy atom. The van der Waals surface area contributed by atoms with Gasteiger partial charge in [0.25, 0.3) is 15.9 Å². The van der Waals surface area contributed by atoms with Crippen molar-refractivity contribution < 1.29 is 22.7 Å². The summed E-state index contributed by atoms with van der Waals surface area (Å²) in [5.41, 5.74) is 0.943. The number of ether oxygens (including phenoxy) is 2. The summed E-state index contributed by atoms with van der Waals surface area (Å²) in [4.78, 5) is 12.9. The molecule has 0 radical (unpaired) electrons. The van der Waals surface area contributed by atoms with Crippen LogP contribution in [-0.4, -0.2) is 27.5 Å². The third-order valence-corrected chi connectivity index (χ3v) is 7.11. The number of sulfonamides is 1. The molecule has 2 N–H and O–H groups in total. The number of carbonyl (C=O) groups excluding carboxylic acids is 1. The SMILES string of the molecule is O=C(NCc1ccc(S(=O)(=O)Nc2ccc3c(c2)OCCO3)s1)c1ccccc1. The first-order chi connectivity index (χ1) is 14.0. The molecule has 1 aliphatic rings. The van der Waals surface area contributed by atoms with Crippen molar-refractivity contribution in [2.45, 2.75) is 10.8 Å². The van der Waals surface area contributed by atoms with Gasteiger partial charge in [-0.3, -0.25) is 9.52 Å². The van der Waals surface area contributed by atoms with Crippen molar-refractivity contribution >= 4 is 33.0 Å². The molecule has 2 heterocycles. The molecule has 0 saturated carbocycles. The number of thiophene rings is 1. The molecule has 0 aliphatic carbocycles. The predicted molar refractivity (Wildman–Crippen MR) is 110 cm³/mol. The molecule has 9 heteroatoms. The molecule has 0 fully saturated rings. The van der Waals surface area contributed by atoms with Gasteiger partial charge in [-0.25, -0.2) is 8.42 Å². The Kier molecular flexibility index (Phi) is 5.41. The Morgan fingerprint density at radius 2 is 1.72 bits per heavy atom. The first-order valence-corrected chi connectivity index (χ1v) is 11.2. The first kappa shape index (κ1) is 19.3. The van der Waals surface area contributed by atoms with Gasteiger partial charge in [0.05, 0.1) is 12.2 Å². The van der Waals surface area contributed by atoms with Gasteiger partial charge < -0.3 is 14.8 Å². The van der Waals surface area contributed by atoms with Crippen LogP contribution in [0.2, 0.25) is 0 Å². The molecule has 7 nitrogen and oxygen atoms in total. The molecule has 1 aliphatic heterocycles. The van der Waals surface area contributed by atoms with Crippen molar-refractivity contribution in [2.24, 2.45) is 0 Å². The lowest BCUT2D eigenvalue weighted by atomic mass is 10.2. The van der Waals surface area contributed by atoms with Gasteiger partial charge in [0.2, 0.25) is 0 Å². The highest BCUT2D eigenvalue weighted by Gasteiger charge is 2.19. The Hall–Kier alpha value is -3.04. The van der Waals surface area contributed by atoms with Gasteiger partial charge in [0, 0.05) is 16.5 Å². The molecule has 0 spiro atoms. The third-order valence-electron chi connectivity index (χ3n) is 4.16. The van der Waals surface area contributed by atoms with E-state index in [0.717, 1.165) is 16.2 Å². The monoisotopic (exact) mass is 430 g/mol. The number of fused-ring (bicyclic) bond motifs is 1. The third kappa shape index (κ3) is 4.52. The average molecular weight is 431 g/mol. The van der Waals surface area contributed by atoms with Crippen LogP contribution in [0.3, 0.4) is 0 Å². The van der Waals surface area contributed by atoms with Crippen LogP contribution < -0.4 is 19.5 Å². The Labute approximate surface area is 172 Å². The lowest BCUT2D eigenvalue weighted by Crippen LogP contribution is -2.22. The molecular formula is C20H18N2O5S2. The second-order valence-corrected chi connectivity index (χ2v) is 9.31. The van der Waals surface area contributed by atoms with Gasteiger partial charge in [0.1, 0.15) is 17.4 Å². The molecule has 0 saturated heterocycles. The topological polar surface area (TPSA) is 93.7 Å². The minimum Gasteiger partial charge on any atom is -0.486 e. The van der Waals surface area contributed by atoms with E-state index in [0.29, 0.717) is 36.0 Å². The van der Waals surface area contributed by atoms with E-state index in [1.165, 1.54) is 6.07 Å². The molecule has 29 heavy (non-hydrogen) atoms. The Bertz CT molecular complexity index is 1130. The fourth-order valence-electron chi connectivity index (χ4n) is 2.77. The van der Waals surface area contributed by atoms with Gasteiger partial charge >= 0.3 is 0 Å². The van der Waals surface area contributed by atoms with E-state index in [9.17, 15) is 13.2 Å². The van der Waals surface area contributed by atoms with Crippen LogP contribution in [0.1, 0.15) is 15.2 Å². The summed E-state index contributed by atoms with van der Waals surface area (Å²) in [7, 11) is -3.75. The van der Waals surface area contributed by atoms with Crippen LogP contribution in [0, 0.1) is 0 Å². The molecule has 4 rings (SSSR count). The molecule has 0 bridgehead atoms. The van der Waals surface area contributed by atoms with E-state index in [1.54, 1.807) is 48.5 Å². The number of carbonyl (C=O) groups is 1. The zero-order chi connectivity index (χ0) is 20.3. The summed E-state index contributed by atoms with van der Waals surface area (Å²) in [6.45, 7) is 1.14. The van der Waals surface area contributed by atoms with Gasteiger partial charge in [-0.15, -0.1) is 11.3 Å².